The molecule has 0 aliphatic carbocycles. The number of Topliss-reactive ketones (excluding diaryl/α,β-unsaturated/α-hetero) is 1. The summed E-state index contributed by atoms with van der Waals surface area (Å²) in [7, 11) is 0. The van der Waals surface area contributed by atoms with Crippen LogP contribution in [0.3, 0.4) is 0 Å². The monoisotopic (exact) mass is 246 g/mol. The van der Waals surface area contributed by atoms with E-state index in [1.54, 1.807) is 23.1 Å². The van der Waals surface area contributed by atoms with Gasteiger partial charge in [-0.2, -0.15) is 0 Å². The molecule has 2 atom stereocenters. The maximum absolute atomic E-state index is 11.3. The Hall–Kier alpha value is 0.01000. The molecule has 2 unspecified atom stereocenters. The number of hydrogen-bond donors (Lipinski definition) is 0. The average Bonchev–Trinajstić information content (AvgIpc) is 2.62. The third-order valence-electron chi connectivity index (χ3n) is 2.36. The van der Waals surface area contributed by atoms with Gasteiger partial charge in [0.05, 0.1) is 9.59 Å². The molecule has 2 heterocycles. The van der Waals surface area contributed by atoms with E-state index >= 15 is 0 Å². The van der Waals surface area contributed by atoms with Gasteiger partial charge in [-0.15, -0.1) is 23.1 Å². The normalized spacial score (nSPS) is 27.1. The fourth-order valence-electron chi connectivity index (χ4n) is 1.64. The van der Waals surface area contributed by atoms with E-state index in [2.05, 4.69) is 5.38 Å². The molecule has 14 heavy (non-hydrogen) atoms. The number of carbonyl (C=O) groups excluding carboxylic acids is 1. The number of rotatable bonds is 2. The summed E-state index contributed by atoms with van der Waals surface area (Å²) in [5, 5.41) is 2.73. The maximum atomic E-state index is 11.3. The van der Waals surface area contributed by atoms with Crippen molar-refractivity contribution in [2.45, 2.75) is 30.3 Å². The average molecular weight is 247 g/mol. The Morgan fingerprint density at radius 1 is 1.64 bits per heavy atom. The van der Waals surface area contributed by atoms with Crippen LogP contribution in [0.2, 0.25) is 4.34 Å². The van der Waals surface area contributed by atoms with Crippen LogP contribution in [0.25, 0.3) is 0 Å². The molecule has 0 saturated carbocycles. The molecule has 76 valence electrons. The highest BCUT2D eigenvalue weighted by atomic mass is 35.5. The van der Waals surface area contributed by atoms with E-state index in [9.17, 15) is 4.79 Å². The summed E-state index contributed by atoms with van der Waals surface area (Å²) in [5.74, 6) is 0.390. The van der Waals surface area contributed by atoms with E-state index < -0.39 is 0 Å². The van der Waals surface area contributed by atoms with E-state index in [0.717, 1.165) is 17.2 Å². The number of ketones is 1. The molecule has 0 aromatic carbocycles. The van der Waals surface area contributed by atoms with Crippen molar-refractivity contribution < 1.29 is 4.79 Å². The van der Waals surface area contributed by atoms with Crippen molar-refractivity contribution in [3.05, 3.63) is 21.3 Å². The van der Waals surface area contributed by atoms with Gasteiger partial charge in [-0.05, 0) is 30.4 Å². The fourth-order valence-corrected chi connectivity index (χ4v) is 3.93. The minimum Gasteiger partial charge on any atom is -0.298 e. The standard InChI is InChI=1S/C10H11ClOS2/c1-6-9(12)4-8(14-6)2-7-3-10(11)13-5-7/h3,5-6,8H,2,4H2,1H3. The Kier molecular flexibility index (Phi) is 3.20. The highest BCUT2D eigenvalue weighted by Gasteiger charge is 2.29. The largest absolute Gasteiger partial charge is 0.298 e. The van der Waals surface area contributed by atoms with Gasteiger partial charge in [0.15, 0.2) is 0 Å². The van der Waals surface area contributed by atoms with Crippen molar-refractivity contribution in [2.24, 2.45) is 0 Å². The predicted octanol–water partition coefficient (Wildman–Crippen LogP) is 3.41. The van der Waals surface area contributed by atoms with Crippen LogP contribution in [-0.2, 0) is 11.2 Å². The van der Waals surface area contributed by atoms with Crippen LogP contribution < -0.4 is 0 Å². The first kappa shape index (κ1) is 10.5. The number of thiophene rings is 1. The van der Waals surface area contributed by atoms with Crippen molar-refractivity contribution in [1.82, 2.24) is 0 Å². The summed E-state index contributed by atoms with van der Waals surface area (Å²) in [6.45, 7) is 1.99. The lowest BCUT2D eigenvalue weighted by Gasteiger charge is -2.05. The fraction of sp³-hybridized carbons (Fsp3) is 0.500. The van der Waals surface area contributed by atoms with Crippen LogP contribution in [-0.4, -0.2) is 16.3 Å². The topological polar surface area (TPSA) is 17.1 Å². The zero-order valence-corrected chi connectivity index (χ0v) is 10.2. The van der Waals surface area contributed by atoms with Gasteiger partial charge in [0.1, 0.15) is 5.78 Å². The molecule has 1 nitrogen and oxygen atoms in total. The van der Waals surface area contributed by atoms with Crippen molar-refractivity contribution in [1.29, 1.82) is 0 Å². The molecule has 1 aromatic rings. The molecular weight excluding hydrogens is 236 g/mol. The Morgan fingerprint density at radius 2 is 2.43 bits per heavy atom. The maximum Gasteiger partial charge on any atom is 0.146 e. The number of thioether (sulfide) groups is 1. The van der Waals surface area contributed by atoms with Crippen molar-refractivity contribution in [2.75, 3.05) is 0 Å². The molecule has 0 amide bonds. The van der Waals surface area contributed by atoms with E-state index in [0.29, 0.717) is 11.0 Å². The lowest BCUT2D eigenvalue weighted by atomic mass is 10.1. The second kappa shape index (κ2) is 4.25. The van der Waals surface area contributed by atoms with Gasteiger partial charge in [0.25, 0.3) is 0 Å². The lowest BCUT2D eigenvalue weighted by Crippen LogP contribution is -2.05. The Bertz CT molecular complexity index is 348. The minimum absolute atomic E-state index is 0.189. The van der Waals surface area contributed by atoms with Crippen LogP contribution in [0.5, 0.6) is 0 Å². The van der Waals surface area contributed by atoms with Crippen molar-refractivity contribution in [3.63, 3.8) is 0 Å². The van der Waals surface area contributed by atoms with Gasteiger partial charge < -0.3 is 0 Å². The van der Waals surface area contributed by atoms with E-state index in [1.807, 2.05) is 13.0 Å². The molecular formula is C10H11ClOS2. The molecule has 0 N–H and O–H groups in total. The Balaban J connectivity index is 1.96. The molecule has 1 aromatic heterocycles. The molecule has 1 fully saturated rings. The van der Waals surface area contributed by atoms with Crippen molar-refractivity contribution in [3.8, 4) is 0 Å². The summed E-state index contributed by atoms with van der Waals surface area (Å²) >= 11 is 9.20. The first-order valence-corrected chi connectivity index (χ1v) is 6.76. The molecule has 1 saturated heterocycles. The minimum atomic E-state index is 0.189. The number of hydrogen-bond acceptors (Lipinski definition) is 3. The van der Waals surface area contributed by atoms with Crippen LogP contribution in [0.1, 0.15) is 18.9 Å². The molecule has 4 heteroatoms. The van der Waals surface area contributed by atoms with Gasteiger partial charge in [-0.1, -0.05) is 11.6 Å². The molecule has 1 aliphatic rings. The zero-order valence-electron chi connectivity index (χ0n) is 7.83. The third-order valence-corrected chi connectivity index (χ3v) is 4.89. The lowest BCUT2D eigenvalue weighted by molar-refractivity contribution is -0.117. The summed E-state index contributed by atoms with van der Waals surface area (Å²) in [6, 6.07) is 2.00. The highest BCUT2D eigenvalue weighted by molar-refractivity contribution is 8.01. The summed E-state index contributed by atoms with van der Waals surface area (Å²) in [4.78, 5) is 11.3. The second-order valence-electron chi connectivity index (χ2n) is 3.53. The highest BCUT2D eigenvalue weighted by Crippen LogP contribution is 2.34. The molecule has 2 rings (SSSR count). The van der Waals surface area contributed by atoms with Gasteiger partial charge in [0, 0.05) is 11.7 Å². The molecule has 0 spiro atoms. The molecule has 0 radical (unpaired) electrons. The molecule has 0 bridgehead atoms. The van der Waals surface area contributed by atoms with Crippen LogP contribution in [0, 0.1) is 0 Å². The first-order valence-electron chi connectivity index (χ1n) is 4.56. The predicted molar refractivity (Wildman–Crippen MR) is 63.5 cm³/mol. The Labute approximate surface area is 96.8 Å². The Morgan fingerprint density at radius 3 is 2.93 bits per heavy atom. The number of halogens is 1. The first-order chi connectivity index (χ1) is 6.65. The third kappa shape index (κ3) is 2.33. The quantitative estimate of drug-likeness (QED) is 0.796. The summed E-state index contributed by atoms with van der Waals surface area (Å²) < 4.78 is 0.836. The van der Waals surface area contributed by atoms with E-state index in [1.165, 1.54) is 5.56 Å². The van der Waals surface area contributed by atoms with Crippen LogP contribution >= 0.6 is 34.7 Å². The van der Waals surface area contributed by atoms with Crippen molar-refractivity contribution >= 4 is 40.5 Å². The van der Waals surface area contributed by atoms with Gasteiger partial charge in [-0.3, -0.25) is 4.79 Å². The van der Waals surface area contributed by atoms with Gasteiger partial charge >= 0.3 is 0 Å². The van der Waals surface area contributed by atoms with Crippen LogP contribution in [0.4, 0.5) is 0 Å². The second-order valence-corrected chi connectivity index (χ2v) is 6.72. The van der Waals surface area contributed by atoms with Gasteiger partial charge in [-0.25, -0.2) is 0 Å². The summed E-state index contributed by atoms with van der Waals surface area (Å²) in [6.07, 6.45) is 1.70. The zero-order chi connectivity index (χ0) is 10.1. The SMILES string of the molecule is CC1SC(Cc2csc(Cl)c2)CC1=O. The summed E-state index contributed by atoms with van der Waals surface area (Å²) in [5.41, 5.74) is 1.26. The number of carbonyl (C=O) groups is 1. The van der Waals surface area contributed by atoms with E-state index in [4.69, 9.17) is 11.6 Å². The van der Waals surface area contributed by atoms with Crippen LogP contribution in [0.15, 0.2) is 11.4 Å². The molecule has 1 aliphatic heterocycles. The smallest absolute Gasteiger partial charge is 0.146 e. The van der Waals surface area contributed by atoms with Gasteiger partial charge in [0.2, 0.25) is 0 Å². The van der Waals surface area contributed by atoms with E-state index in [-0.39, 0.29) is 5.25 Å².